The third-order valence-electron chi connectivity index (χ3n) is 5.59. The van der Waals surface area contributed by atoms with Crippen LogP contribution < -0.4 is 5.56 Å². The lowest BCUT2D eigenvalue weighted by Crippen LogP contribution is -2.37. The van der Waals surface area contributed by atoms with Crippen molar-refractivity contribution in [1.29, 1.82) is 0 Å². The summed E-state index contributed by atoms with van der Waals surface area (Å²) in [4.78, 5) is 23.1. The molecule has 1 aliphatic heterocycles. The van der Waals surface area contributed by atoms with Gasteiger partial charge in [0.15, 0.2) is 5.16 Å². The predicted octanol–water partition coefficient (Wildman–Crippen LogP) is 3.59. The van der Waals surface area contributed by atoms with E-state index in [0.717, 1.165) is 66.8 Å². The zero-order chi connectivity index (χ0) is 19.0. The van der Waals surface area contributed by atoms with Crippen LogP contribution >= 0.6 is 23.1 Å². The zero-order valence-electron chi connectivity index (χ0n) is 16.5. The molecule has 7 heteroatoms. The number of aromatic nitrogens is 2. The average molecular weight is 408 g/mol. The number of fused-ring (bicyclic) bond motifs is 3. The van der Waals surface area contributed by atoms with Crippen LogP contribution in [0.1, 0.15) is 43.7 Å². The van der Waals surface area contributed by atoms with Crippen molar-refractivity contribution in [2.24, 2.45) is 5.92 Å². The maximum Gasteiger partial charge on any atom is 0.263 e. The lowest BCUT2D eigenvalue weighted by Gasteiger charge is -2.26. The van der Waals surface area contributed by atoms with E-state index >= 15 is 0 Å². The zero-order valence-corrected chi connectivity index (χ0v) is 18.1. The van der Waals surface area contributed by atoms with Gasteiger partial charge in [-0.3, -0.25) is 14.3 Å². The topological polar surface area (TPSA) is 47.4 Å². The smallest absolute Gasteiger partial charge is 0.263 e. The summed E-state index contributed by atoms with van der Waals surface area (Å²) in [5.41, 5.74) is 1.45. The number of thioether (sulfide) groups is 1. The summed E-state index contributed by atoms with van der Waals surface area (Å²) >= 11 is 3.47. The Bertz CT molecular complexity index is 868. The Balaban J connectivity index is 1.63. The first-order valence-electron chi connectivity index (χ1n) is 10.0. The van der Waals surface area contributed by atoms with E-state index in [0.29, 0.717) is 5.92 Å². The molecule has 1 saturated heterocycles. The number of aryl methyl sites for hydroxylation is 1. The quantitative estimate of drug-likeness (QED) is 0.560. The van der Waals surface area contributed by atoms with Crippen LogP contribution in [0.25, 0.3) is 10.2 Å². The SMILES string of the molecule is CC1CCc2c(sc3nc(SCCN4CCOCC4)n(C(C)C)c(=O)c23)C1. The number of nitrogens with zero attached hydrogens (tertiary/aromatic N) is 3. The first kappa shape index (κ1) is 19.4. The molecule has 3 heterocycles. The number of rotatable bonds is 5. The van der Waals surface area contributed by atoms with Crippen molar-refractivity contribution >= 4 is 33.3 Å². The fraction of sp³-hybridized carbons (Fsp3) is 0.700. The van der Waals surface area contributed by atoms with Crippen molar-refractivity contribution in [2.75, 3.05) is 38.6 Å². The van der Waals surface area contributed by atoms with E-state index in [2.05, 4.69) is 25.7 Å². The van der Waals surface area contributed by atoms with Gasteiger partial charge in [0.05, 0.1) is 18.6 Å². The standard InChI is InChI=1S/C20H29N3O2S2/c1-13(2)23-19(24)17-15-5-4-14(3)12-16(15)27-18(17)21-20(23)26-11-8-22-6-9-25-10-7-22/h13-14H,4-12H2,1-3H3. The van der Waals surface area contributed by atoms with Gasteiger partial charge in [0.1, 0.15) is 4.83 Å². The molecule has 0 radical (unpaired) electrons. The monoisotopic (exact) mass is 407 g/mol. The van der Waals surface area contributed by atoms with Crippen molar-refractivity contribution in [3.8, 4) is 0 Å². The molecule has 0 saturated carbocycles. The molecule has 5 nitrogen and oxygen atoms in total. The van der Waals surface area contributed by atoms with Gasteiger partial charge in [0, 0.05) is 36.3 Å². The van der Waals surface area contributed by atoms with Gasteiger partial charge in [-0.05, 0) is 44.6 Å². The Kier molecular flexibility index (Phi) is 5.92. The van der Waals surface area contributed by atoms with Crippen LogP contribution in [0.3, 0.4) is 0 Å². The summed E-state index contributed by atoms with van der Waals surface area (Å²) in [5, 5.41) is 1.77. The molecular formula is C20H29N3O2S2. The van der Waals surface area contributed by atoms with E-state index in [1.807, 2.05) is 4.57 Å². The molecule has 0 aromatic carbocycles. The molecule has 0 amide bonds. The van der Waals surface area contributed by atoms with E-state index < -0.39 is 0 Å². The van der Waals surface area contributed by atoms with Crippen LogP contribution in [0.2, 0.25) is 0 Å². The normalized spacial score (nSPS) is 21.1. The molecule has 27 heavy (non-hydrogen) atoms. The van der Waals surface area contributed by atoms with E-state index in [-0.39, 0.29) is 11.6 Å². The highest BCUT2D eigenvalue weighted by atomic mass is 32.2. The highest BCUT2D eigenvalue weighted by Gasteiger charge is 2.25. The molecule has 0 N–H and O–H groups in total. The summed E-state index contributed by atoms with van der Waals surface area (Å²) in [6.45, 7) is 11.1. The Morgan fingerprint density at radius 3 is 2.85 bits per heavy atom. The molecule has 1 atom stereocenters. The summed E-state index contributed by atoms with van der Waals surface area (Å²) in [6.07, 6.45) is 3.29. The summed E-state index contributed by atoms with van der Waals surface area (Å²) in [6, 6.07) is 0.123. The Hall–Kier alpha value is -0.890. The summed E-state index contributed by atoms with van der Waals surface area (Å²) in [7, 11) is 0. The van der Waals surface area contributed by atoms with Gasteiger partial charge in [-0.1, -0.05) is 18.7 Å². The van der Waals surface area contributed by atoms with Crippen LogP contribution in [0.15, 0.2) is 9.95 Å². The van der Waals surface area contributed by atoms with E-state index in [1.165, 1.54) is 16.9 Å². The third kappa shape index (κ3) is 3.97. The van der Waals surface area contributed by atoms with Gasteiger partial charge in [-0.15, -0.1) is 11.3 Å². The second kappa shape index (κ2) is 8.23. The van der Waals surface area contributed by atoms with Gasteiger partial charge in [0.2, 0.25) is 0 Å². The molecule has 1 unspecified atom stereocenters. The van der Waals surface area contributed by atoms with Crippen LogP contribution in [-0.4, -0.2) is 53.1 Å². The second-order valence-electron chi connectivity index (χ2n) is 8.00. The summed E-state index contributed by atoms with van der Waals surface area (Å²) in [5.74, 6) is 1.66. The van der Waals surface area contributed by atoms with Crippen molar-refractivity contribution < 1.29 is 4.74 Å². The predicted molar refractivity (Wildman–Crippen MR) is 113 cm³/mol. The average Bonchev–Trinajstić information content (AvgIpc) is 2.99. The molecule has 1 aliphatic carbocycles. The van der Waals surface area contributed by atoms with Crippen LogP contribution in [0, 0.1) is 5.92 Å². The maximum atomic E-state index is 13.4. The highest BCUT2D eigenvalue weighted by Crippen LogP contribution is 2.36. The minimum atomic E-state index is 0.123. The van der Waals surface area contributed by atoms with Crippen LogP contribution in [-0.2, 0) is 17.6 Å². The van der Waals surface area contributed by atoms with Crippen LogP contribution in [0.4, 0.5) is 0 Å². The largest absolute Gasteiger partial charge is 0.379 e. The van der Waals surface area contributed by atoms with Gasteiger partial charge in [-0.25, -0.2) is 4.98 Å². The number of ether oxygens (including phenoxy) is 1. The number of hydrogen-bond acceptors (Lipinski definition) is 6. The van der Waals surface area contributed by atoms with E-state index in [1.54, 1.807) is 23.1 Å². The second-order valence-corrected chi connectivity index (χ2v) is 10.1. The number of morpholine rings is 1. The Morgan fingerprint density at radius 2 is 2.11 bits per heavy atom. The van der Waals surface area contributed by atoms with Gasteiger partial charge >= 0.3 is 0 Å². The third-order valence-corrected chi connectivity index (χ3v) is 7.67. The molecule has 0 spiro atoms. The number of thiophene rings is 1. The van der Waals surface area contributed by atoms with Crippen molar-refractivity contribution in [1.82, 2.24) is 14.5 Å². The maximum absolute atomic E-state index is 13.4. The van der Waals surface area contributed by atoms with Crippen molar-refractivity contribution in [3.05, 3.63) is 20.8 Å². The highest BCUT2D eigenvalue weighted by molar-refractivity contribution is 7.99. The van der Waals surface area contributed by atoms with E-state index in [9.17, 15) is 4.79 Å². The number of hydrogen-bond donors (Lipinski definition) is 0. The van der Waals surface area contributed by atoms with Crippen LogP contribution in [0.5, 0.6) is 0 Å². The van der Waals surface area contributed by atoms with Gasteiger partial charge in [0.25, 0.3) is 5.56 Å². The first-order chi connectivity index (χ1) is 13.0. The Labute approximate surface area is 169 Å². The molecular weight excluding hydrogens is 378 g/mol. The van der Waals surface area contributed by atoms with Gasteiger partial charge in [-0.2, -0.15) is 0 Å². The lowest BCUT2D eigenvalue weighted by molar-refractivity contribution is 0.0410. The first-order valence-corrected chi connectivity index (χ1v) is 11.8. The molecule has 0 bridgehead atoms. The minimum Gasteiger partial charge on any atom is -0.379 e. The van der Waals surface area contributed by atoms with E-state index in [4.69, 9.17) is 9.72 Å². The fourth-order valence-corrected chi connectivity index (χ4v) is 6.58. The van der Waals surface area contributed by atoms with Crippen molar-refractivity contribution in [2.45, 2.75) is 51.2 Å². The lowest BCUT2D eigenvalue weighted by atomic mass is 9.89. The minimum absolute atomic E-state index is 0.123. The molecule has 2 aromatic heterocycles. The molecule has 1 fully saturated rings. The molecule has 148 valence electrons. The summed E-state index contributed by atoms with van der Waals surface area (Å²) < 4.78 is 7.34. The van der Waals surface area contributed by atoms with Crippen molar-refractivity contribution in [3.63, 3.8) is 0 Å². The molecule has 2 aliphatic rings. The molecule has 2 aromatic rings. The molecule has 4 rings (SSSR count). The van der Waals surface area contributed by atoms with Gasteiger partial charge < -0.3 is 4.74 Å². The fourth-order valence-electron chi connectivity index (χ4n) is 4.03. The Morgan fingerprint density at radius 1 is 1.33 bits per heavy atom.